The molecule has 2 rings (SSSR count). The molecule has 0 aromatic heterocycles. The molecule has 0 unspecified atom stereocenters. The van der Waals surface area contributed by atoms with Crippen molar-refractivity contribution in [2.45, 2.75) is 20.3 Å². The van der Waals surface area contributed by atoms with Crippen molar-refractivity contribution < 1.29 is 9.90 Å². The van der Waals surface area contributed by atoms with Crippen LogP contribution in [0.5, 0.6) is 0 Å². The van der Waals surface area contributed by atoms with Crippen molar-refractivity contribution in [2.24, 2.45) is 5.41 Å². The van der Waals surface area contributed by atoms with Gasteiger partial charge >= 0.3 is 5.97 Å². The highest BCUT2D eigenvalue weighted by Gasteiger charge is 2.31. The molecule has 1 aliphatic rings. The van der Waals surface area contributed by atoms with E-state index in [4.69, 9.17) is 5.73 Å². The van der Waals surface area contributed by atoms with Gasteiger partial charge in [-0.3, -0.25) is 0 Å². The third-order valence-corrected chi connectivity index (χ3v) is 3.27. The maximum Gasteiger partial charge on any atom is 0.337 e. The fraction of sp³-hybridized carbons (Fsp3) is 0.462. The van der Waals surface area contributed by atoms with Crippen molar-refractivity contribution in [1.29, 1.82) is 0 Å². The third kappa shape index (κ3) is 2.35. The van der Waals surface area contributed by atoms with Crippen LogP contribution in [0.2, 0.25) is 0 Å². The van der Waals surface area contributed by atoms with Crippen molar-refractivity contribution >= 4 is 17.3 Å². The van der Waals surface area contributed by atoms with Crippen LogP contribution in [0.25, 0.3) is 0 Å². The highest BCUT2D eigenvalue weighted by Crippen LogP contribution is 2.34. The maximum atomic E-state index is 11.2. The zero-order valence-corrected chi connectivity index (χ0v) is 10.2. The molecular weight excluding hydrogens is 216 g/mol. The Morgan fingerprint density at radius 1 is 1.47 bits per heavy atom. The summed E-state index contributed by atoms with van der Waals surface area (Å²) in [6, 6.07) is 4.97. The molecule has 0 spiro atoms. The van der Waals surface area contributed by atoms with Crippen molar-refractivity contribution in [3.05, 3.63) is 23.8 Å². The van der Waals surface area contributed by atoms with E-state index in [0.29, 0.717) is 11.3 Å². The number of aromatic carboxylic acids is 1. The van der Waals surface area contributed by atoms with Gasteiger partial charge in [-0.15, -0.1) is 0 Å². The summed E-state index contributed by atoms with van der Waals surface area (Å²) in [5, 5.41) is 9.18. The summed E-state index contributed by atoms with van der Waals surface area (Å²) in [6.45, 7) is 6.15. The van der Waals surface area contributed by atoms with Gasteiger partial charge < -0.3 is 15.7 Å². The number of hydrogen-bond acceptors (Lipinski definition) is 3. The minimum absolute atomic E-state index is 0.236. The summed E-state index contributed by atoms with van der Waals surface area (Å²) in [4.78, 5) is 13.3. The topological polar surface area (TPSA) is 66.6 Å². The van der Waals surface area contributed by atoms with Crippen LogP contribution in [0.3, 0.4) is 0 Å². The molecule has 1 aromatic carbocycles. The second-order valence-corrected chi connectivity index (χ2v) is 5.42. The molecule has 1 fully saturated rings. The Balaban J connectivity index is 2.38. The summed E-state index contributed by atoms with van der Waals surface area (Å²) in [7, 11) is 0. The molecule has 0 bridgehead atoms. The second kappa shape index (κ2) is 3.95. The lowest BCUT2D eigenvalue weighted by atomic mass is 9.93. The zero-order valence-electron chi connectivity index (χ0n) is 10.2. The molecule has 0 amide bonds. The highest BCUT2D eigenvalue weighted by molar-refractivity contribution is 5.95. The van der Waals surface area contributed by atoms with Crippen LogP contribution in [0.1, 0.15) is 30.6 Å². The van der Waals surface area contributed by atoms with Gasteiger partial charge in [-0.2, -0.15) is 0 Å². The Bertz CT molecular complexity index is 455. The van der Waals surface area contributed by atoms with Gasteiger partial charge in [-0.1, -0.05) is 13.8 Å². The van der Waals surface area contributed by atoms with E-state index in [1.807, 2.05) is 0 Å². The van der Waals surface area contributed by atoms with Gasteiger partial charge in [-0.05, 0) is 30.0 Å². The van der Waals surface area contributed by atoms with Crippen LogP contribution in [0.4, 0.5) is 11.4 Å². The molecule has 0 saturated carbocycles. The molecule has 4 heteroatoms. The van der Waals surface area contributed by atoms with Crippen molar-refractivity contribution in [2.75, 3.05) is 23.7 Å². The van der Waals surface area contributed by atoms with Crippen molar-refractivity contribution in [1.82, 2.24) is 0 Å². The van der Waals surface area contributed by atoms with E-state index in [2.05, 4.69) is 18.7 Å². The van der Waals surface area contributed by atoms with Gasteiger partial charge in [0.25, 0.3) is 0 Å². The van der Waals surface area contributed by atoms with E-state index in [9.17, 15) is 9.90 Å². The maximum absolute atomic E-state index is 11.2. The van der Waals surface area contributed by atoms with Crippen LogP contribution in [0, 0.1) is 5.41 Å². The van der Waals surface area contributed by atoms with Crippen LogP contribution in [-0.4, -0.2) is 24.2 Å². The van der Waals surface area contributed by atoms with Crippen LogP contribution >= 0.6 is 0 Å². The molecule has 1 saturated heterocycles. The standard InChI is InChI=1S/C13H18N2O2/c1-13(2)5-6-15(8-13)11-7-9(14)3-4-10(11)12(16)17/h3-4,7H,5-6,8,14H2,1-2H3,(H,16,17). The molecule has 1 heterocycles. The number of rotatable bonds is 2. The first kappa shape index (κ1) is 11.8. The monoisotopic (exact) mass is 234 g/mol. The number of nitrogens with two attached hydrogens (primary N) is 1. The molecule has 17 heavy (non-hydrogen) atoms. The smallest absolute Gasteiger partial charge is 0.337 e. The average molecular weight is 234 g/mol. The summed E-state index contributed by atoms with van der Waals surface area (Å²) in [5.74, 6) is -0.898. The van der Waals surface area contributed by atoms with E-state index in [1.165, 1.54) is 0 Å². The van der Waals surface area contributed by atoms with Crippen molar-refractivity contribution in [3.8, 4) is 0 Å². The summed E-state index contributed by atoms with van der Waals surface area (Å²) in [6.07, 6.45) is 1.07. The van der Waals surface area contributed by atoms with Gasteiger partial charge in [0.15, 0.2) is 0 Å². The lowest BCUT2D eigenvalue weighted by Crippen LogP contribution is -2.24. The average Bonchev–Trinajstić information content (AvgIpc) is 2.58. The van der Waals surface area contributed by atoms with Gasteiger partial charge in [0.1, 0.15) is 0 Å². The van der Waals surface area contributed by atoms with E-state index in [1.54, 1.807) is 18.2 Å². The molecule has 1 aromatic rings. The zero-order chi connectivity index (χ0) is 12.6. The lowest BCUT2D eigenvalue weighted by molar-refractivity contribution is 0.0697. The normalized spacial score (nSPS) is 18.4. The first-order valence-corrected chi connectivity index (χ1v) is 5.77. The van der Waals surface area contributed by atoms with E-state index >= 15 is 0 Å². The number of carboxylic acids is 1. The summed E-state index contributed by atoms with van der Waals surface area (Å²) >= 11 is 0. The van der Waals surface area contributed by atoms with Crippen LogP contribution in [-0.2, 0) is 0 Å². The Hall–Kier alpha value is -1.71. The number of anilines is 2. The molecule has 4 nitrogen and oxygen atoms in total. The predicted octanol–water partition coefficient (Wildman–Crippen LogP) is 2.20. The first-order chi connectivity index (χ1) is 7.89. The minimum Gasteiger partial charge on any atom is -0.478 e. The van der Waals surface area contributed by atoms with Gasteiger partial charge in [0, 0.05) is 18.8 Å². The molecule has 92 valence electrons. The molecule has 1 aliphatic heterocycles. The van der Waals surface area contributed by atoms with Crippen LogP contribution in [0.15, 0.2) is 18.2 Å². The molecule has 0 radical (unpaired) electrons. The second-order valence-electron chi connectivity index (χ2n) is 5.42. The van der Waals surface area contributed by atoms with E-state index in [-0.39, 0.29) is 5.41 Å². The van der Waals surface area contributed by atoms with E-state index < -0.39 is 5.97 Å². The lowest BCUT2D eigenvalue weighted by Gasteiger charge is -2.23. The van der Waals surface area contributed by atoms with Crippen LogP contribution < -0.4 is 10.6 Å². The number of benzene rings is 1. The molecule has 0 atom stereocenters. The van der Waals surface area contributed by atoms with Gasteiger partial charge in [0.05, 0.1) is 11.3 Å². The number of carbonyl (C=O) groups is 1. The summed E-state index contributed by atoms with van der Waals surface area (Å²) < 4.78 is 0. The van der Waals surface area contributed by atoms with E-state index in [0.717, 1.165) is 25.2 Å². The number of carboxylic acid groups (broad SMARTS) is 1. The Labute approximate surface area is 101 Å². The van der Waals surface area contributed by atoms with Gasteiger partial charge in [-0.25, -0.2) is 4.79 Å². The van der Waals surface area contributed by atoms with Crippen molar-refractivity contribution in [3.63, 3.8) is 0 Å². The first-order valence-electron chi connectivity index (χ1n) is 5.77. The number of hydrogen-bond donors (Lipinski definition) is 2. The number of nitrogen functional groups attached to an aromatic ring is 1. The largest absolute Gasteiger partial charge is 0.478 e. The predicted molar refractivity (Wildman–Crippen MR) is 68.4 cm³/mol. The third-order valence-electron chi connectivity index (χ3n) is 3.27. The fourth-order valence-corrected chi connectivity index (χ4v) is 2.31. The number of nitrogens with zero attached hydrogens (tertiary/aromatic N) is 1. The Kier molecular flexibility index (Phi) is 2.73. The molecule has 3 N–H and O–H groups in total. The highest BCUT2D eigenvalue weighted by atomic mass is 16.4. The fourth-order valence-electron chi connectivity index (χ4n) is 2.31. The summed E-state index contributed by atoms with van der Waals surface area (Å²) in [5.41, 5.74) is 7.66. The SMILES string of the molecule is CC1(C)CCN(c2cc(N)ccc2C(=O)O)C1. The quantitative estimate of drug-likeness (QED) is 0.770. The Morgan fingerprint density at radius 2 is 2.18 bits per heavy atom. The van der Waals surface area contributed by atoms with Gasteiger partial charge in [0.2, 0.25) is 0 Å². The molecule has 0 aliphatic carbocycles. The Morgan fingerprint density at radius 3 is 2.71 bits per heavy atom. The minimum atomic E-state index is -0.898. The molecular formula is C13H18N2O2.